The lowest BCUT2D eigenvalue weighted by molar-refractivity contribution is -0.153. The zero-order valence-corrected chi connectivity index (χ0v) is 20.6. The summed E-state index contributed by atoms with van der Waals surface area (Å²) in [5.41, 5.74) is 1.22. The fourth-order valence-electron chi connectivity index (χ4n) is 3.78. The normalized spacial score (nSPS) is 13.5. The fourth-order valence-corrected chi connectivity index (χ4v) is 4.04. The molecule has 6 nitrogen and oxygen atoms in total. The van der Waals surface area contributed by atoms with Gasteiger partial charge in [0.1, 0.15) is 17.1 Å². The van der Waals surface area contributed by atoms with E-state index < -0.39 is 23.5 Å². The van der Waals surface area contributed by atoms with Crippen molar-refractivity contribution in [3.05, 3.63) is 87.2 Å². The quantitative estimate of drug-likeness (QED) is 0.226. The molecule has 0 spiro atoms. The Bertz CT molecular complexity index is 1480. The smallest absolute Gasteiger partial charge is 0.450 e. The minimum Gasteiger partial charge on any atom is -0.451 e. The van der Waals surface area contributed by atoms with Crippen molar-refractivity contribution in [3.8, 4) is 28.7 Å². The van der Waals surface area contributed by atoms with Crippen LogP contribution in [-0.4, -0.2) is 16.2 Å². The predicted molar refractivity (Wildman–Crippen MR) is 129 cm³/mol. The Balaban J connectivity index is 1.49. The molecule has 0 radical (unpaired) electrons. The van der Waals surface area contributed by atoms with Gasteiger partial charge in [0.05, 0.1) is 0 Å². The summed E-state index contributed by atoms with van der Waals surface area (Å²) >= 11 is 11.8. The Labute approximate surface area is 218 Å². The summed E-state index contributed by atoms with van der Waals surface area (Å²) < 4.78 is 57.6. The second kappa shape index (κ2) is 9.72. The largest absolute Gasteiger partial charge is 0.451 e. The Kier molecular flexibility index (Phi) is 6.59. The maximum atomic E-state index is 13.8. The second-order valence-corrected chi connectivity index (χ2v) is 9.28. The van der Waals surface area contributed by atoms with E-state index in [-0.39, 0.29) is 22.5 Å². The lowest BCUT2D eigenvalue weighted by Gasteiger charge is -2.15. The summed E-state index contributed by atoms with van der Waals surface area (Å²) in [6.07, 6.45) is -2.96. The standard InChI is InChI=1S/C26H17Cl2F3N2O4/c1-13-3-2-4-17(14-5-6-14)22(13)37-24-20(12-21(28)32-33-24)36-25(34)18-11-19(35-23(18)26(29,30)31)15-7-9-16(27)10-8-15/h2-4,7-12,14H,5-6H2,1H3. The molecule has 0 aliphatic heterocycles. The number of aryl methyl sites for hydroxylation is 1. The summed E-state index contributed by atoms with van der Waals surface area (Å²) in [5.74, 6) is -2.70. The molecule has 2 aromatic carbocycles. The minimum absolute atomic E-state index is 0.146. The maximum Gasteiger partial charge on any atom is 0.450 e. The van der Waals surface area contributed by atoms with Crippen molar-refractivity contribution >= 4 is 29.2 Å². The van der Waals surface area contributed by atoms with Crippen LogP contribution in [0.4, 0.5) is 13.2 Å². The highest BCUT2D eigenvalue weighted by molar-refractivity contribution is 6.30. The van der Waals surface area contributed by atoms with Crippen molar-refractivity contribution in [2.24, 2.45) is 0 Å². The van der Waals surface area contributed by atoms with Crippen LogP contribution in [-0.2, 0) is 6.18 Å². The predicted octanol–water partition coefficient (Wildman–Crippen LogP) is 8.26. The highest BCUT2D eigenvalue weighted by Crippen LogP contribution is 2.47. The number of carbonyl (C=O) groups is 1. The number of hydrogen-bond donors (Lipinski definition) is 0. The maximum absolute atomic E-state index is 13.8. The second-order valence-electron chi connectivity index (χ2n) is 8.45. The van der Waals surface area contributed by atoms with Crippen molar-refractivity contribution in [1.82, 2.24) is 10.2 Å². The summed E-state index contributed by atoms with van der Waals surface area (Å²) in [6, 6.07) is 13.7. The first-order chi connectivity index (χ1) is 17.6. The highest BCUT2D eigenvalue weighted by atomic mass is 35.5. The van der Waals surface area contributed by atoms with Crippen LogP contribution in [0.3, 0.4) is 0 Å². The van der Waals surface area contributed by atoms with Gasteiger partial charge in [0.25, 0.3) is 5.88 Å². The molecule has 37 heavy (non-hydrogen) atoms. The summed E-state index contributed by atoms with van der Waals surface area (Å²) in [5, 5.41) is 7.85. The molecule has 5 rings (SSSR count). The van der Waals surface area contributed by atoms with Crippen molar-refractivity contribution < 1.29 is 31.9 Å². The molecule has 1 aliphatic carbocycles. The average Bonchev–Trinajstić information content (AvgIpc) is 3.58. The van der Waals surface area contributed by atoms with Gasteiger partial charge in [0, 0.05) is 16.7 Å². The van der Waals surface area contributed by atoms with Gasteiger partial charge in [0.2, 0.25) is 5.76 Å². The number of rotatable bonds is 6. The number of benzene rings is 2. The molecule has 0 N–H and O–H groups in total. The van der Waals surface area contributed by atoms with Crippen LogP contribution >= 0.6 is 23.2 Å². The number of hydrogen-bond acceptors (Lipinski definition) is 6. The van der Waals surface area contributed by atoms with Gasteiger partial charge < -0.3 is 13.9 Å². The van der Waals surface area contributed by atoms with Crippen molar-refractivity contribution in [3.63, 3.8) is 0 Å². The van der Waals surface area contributed by atoms with Gasteiger partial charge in [-0.15, -0.1) is 10.2 Å². The van der Waals surface area contributed by atoms with E-state index in [0.717, 1.165) is 36.1 Å². The van der Waals surface area contributed by atoms with E-state index in [0.29, 0.717) is 22.3 Å². The van der Waals surface area contributed by atoms with E-state index in [1.807, 2.05) is 25.1 Å². The molecule has 0 saturated heterocycles. The number of alkyl halides is 3. The molecule has 11 heteroatoms. The van der Waals surface area contributed by atoms with E-state index in [1.165, 1.54) is 24.3 Å². The summed E-state index contributed by atoms with van der Waals surface area (Å²) in [6.45, 7) is 1.84. The Morgan fingerprint density at radius 1 is 1.05 bits per heavy atom. The van der Waals surface area contributed by atoms with E-state index in [2.05, 4.69) is 10.2 Å². The third-order valence-corrected chi connectivity index (χ3v) is 6.13. The molecular formula is C26H17Cl2F3N2O4. The van der Waals surface area contributed by atoms with Crippen LogP contribution in [0.1, 0.15) is 46.0 Å². The molecule has 0 amide bonds. The number of aromatic nitrogens is 2. The van der Waals surface area contributed by atoms with Gasteiger partial charge in [-0.25, -0.2) is 4.79 Å². The van der Waals surface area contributed by atoms with Crippen molar-refractivity contribution in [2.75, 3.05) is 0 Å². The minimum atomic E-state index is -4.97. The Morgan fingerprint density at radius 2 is 1.78 bits per heavy atom. The zero-order valence-electron chi connectivity index (χ0n) is 19.1. The number of para-hydroxylation sites is 1. The molecule has 0 bridgehead atoms. The number of halogens is 5. The lowest BCUT2D eigenvalue weighted by Crippen LogP contribution is -2.15. The lowest BCUT2D eigenvalue weighted by atomic mass is 10.1. The molecule has 190 valence electrons. The van der Waals surface area contributed by atoms with Crippen LogP contribution in [0.25, 0.3) is 11.3 Å². The van der Waals surface area contributed by atoms with E-state index >= 15 is 0 Å². The summed E-state index contributed by atoms with van der Waals surface area (Å²) in [4.78, 5) is 13.0. The third kappa shape index (κ3) is 5.42. The van der Waals surface area contributed by atoms with Gasteiger partial charge in [0.15, 0.2) is 10.9 Å². The number of esters is 1. The van der Waals surface area contributed by atoms with Crippen LogP contribution in [0.5, 0.6) is 17.4 Å². The first-order valence-electron chi connectivity index (χ1n) is 11.1. The molecule has 1 saturated carbocycles. The monoisotopic (exact) mass is 548 g/mol. The van der Waals surface area contributed by atoms with E-state index in [9.17, 15) is 18.0 Å². The highest BCUT2D eigenvalue weighted by Gasteiger charge is 2.41. The van der Waals surface area contributed by atoms with Crippen molar-refractivity contribution in [2.45, 2.75) is 31.9 Å². The number of furan rings is 1. The Hall–Kier alpha value is -3.56. The molecule has 0 atom stereocenters. The number of nitrogens with zero attached hydrogens (tertiary/aromatic N) is 2. The van der Waals surface area contributed by atoms with Gasteiger partial charge in [-0.05, 0) is 67.1 Å². The summed E-state index contributed by atoms with van der Waals surface area (Å²) in [7, 11) is 0. The van der Waals surface area contributed by atoms with E-state index in [1.54, 1.807) is 0 Å². The van der Waals surface area contributed by atoms with Crippen molar-refractivity contribution in [1.29, 1.82) is 0 Å². The molecule has 1 fully saturated rings. The number of ether oxygens (including phenoxy) is 2. The topological polar surface area (TPSA) is 74.5 Å². The fraction of sp³-hybridized carbons (Fsp3) is 0.192. The van der Waals surface area contributed by atoms with Crippen LogP contribution < -0.4 is 9.47 Å². The van der Waals surface area contributed by atoms with Crippen LogP contribution in [0.15, 0.2) is 59.0 Å². The molecule has 2 aromatic heterocycles. The Morgan fingerprint density at radius 3 is 2.46 bits per heavy atom. The molecule has 4 aromatic rings. The molecule has 1 aliphatic rings. The van der Waals surface area contributed by atoms with Gasteiger partial charge in [-0.3, -0.25) is 0 Å². The molecular weight excluding hydrogens is 532 g/mol. The number of carbonyl (C=O) groups excluding carboxylic acids is 1. The molecule has 0 unspecified atom stereocenters. The SMILES string of the molecule is Cc1cccc(C2CC2)c1Oc1nnc(Cl)cc1OC(=O)c1cc(-c2ccc(Cl)cc2)oc1C(F)(F)F. The van der Waals surface area contributed by atoms with Gasteiger partial charge >= 0.3 is 12.1 Å². The average molecular weight is 549 g/mol. The van der Waals surface area contributed by atoms with Gasteiger partial charge in [-0.2, -0.15) is 13.2 Å². The molecule has 2 heterocycles. The van der Waals surface area contributed by atoms with Crippen LogP contribution in [0.2, 0.25) is 10.2 Å². The first kappa shape index (κ1) is 25.1. The van der Waals surface area contributed by atoms with Gasteiger partial charge in [-0.1, -0.05) is 41.4 Å². The van der Waals surface area contributed by atoms with E-state index in [4.69, 9.17) is 37.1 Å². The first-order valence-corrected chi connectivity index (χ1v) is 11.9. The third-order valence-electron chi connectivity index (χ3n) is 5.70. The zero-order chi connectivity index (χ0) is 26.3. The van der Waals surface area contributed by atoms with Crippen LogP contribution in [0, 0.1) is 6.92 Å².